The lowest BCUT2D eigenvalue weighted by molar-refractivity contribution is -0.132. The van der Waals surface area contributed by atoms with Crippen molar-refractivity contribution in [3.05, 3.63) is 0 Å². The third kappa shape index (κ3) is 3.50. The Kier molecular flexibility index (Phi) is 5.26. The minimum absolute atomic E-state index is 0.0620. The molecule has 0 aromatic heterocycles. The largest absolute Gasteiger partial charge is 0.323 e. The molecular weight excluding hydrogens is 236 g/mol. The fourth-order valence-corrected chi connectivity index (χ4v) is 3.61. The molecular formula is C16H30N2O. The smallest absolute Gasteiger partial charge is 0.241 e. The van der Waals surface area contributed by atoms with E-state index in [1.165, 1.54) is 38.5 Å². The molecule has 0 aromatic rings. The molecule has 1 saturated heterocycles. The van der Waals surface area contributed by atoms with Crippen molar-refractivity contribution in [2.75, 3.05) is 0 Å². The van der Waals surface area contributed by atoms with Crippen LogP contribution in [-0.4, -0.2) is 29.1 Å². The molecule has 1 aliphatic heterocycles. The first-order chi connectivity index (χ1) is 9.13. The maximum atomic E-state index is 12.6. The molecule has 110 valence electrons. The van der Waals surface area contributed by atoms with Crippen molar-refractivity contribution in [2.45, 2.75) is 90.4 Å². The molecule has 1 amide bonds. The summed E-state index contributed by atoms with van der Waals surface area (Å²) < 4.78 is 0. The van der Waals surface area contributed by atoms with E-state index in [1.807, 2.05) is 0 Å². The number of amides is 1. The van der Waals surface area contributed by atoms with E-state index >= 15 is 0 Å². The zero-order valence-corrected chi connectivity index (χ0v) is 12.8. The van der Waals surface area contributed by atoms with Crippen molar-refractivity contribution in [3.8, 4) is 0 Å². The molecule has 0 spiro atoms. The molecule has 2 unspecified atom stereocenters. The lowest BCUT2D eigenvalue weighted by Crippen LogP contribution is -2.45. The number of hydrogen-bond acceptors (Lipinski definition) is 2. The van der Waals surface area contributed by atoms with Gasteiger partial charge in [0.25, 0.3) is 0 Å². The second-order valence-electron chi connectivity index (χ2n) is 6.66. The maximum absolute atomic E-state index is 12.6. The molecule has 1 saturated carbocycles. The van der Waals surface area contributed by atoms with E-state index < -0.39 is 0 Å². The van der Waals surface area contributed by atoms with E-state index in [2.05, 4.69) is 31.0 Å². The summed E-state index contributed by atoms with van der Waals surface area (Å²) in [5, 5.41) is 3.57. The molecule has 2 atom stereocenters. The molecule has 1 heterocycles. The summed E-state index contributed by atoms with van der Waals surface area (Å²) in [5.41, 5.74) is 0. The van der Waals surface area contributed by atoms with Gasteiger partial charge in [-0.1, -0.05) is 46.5 Å². The van der Waals surface area contributed by atoms with Gasteiger partial charge in [-0.25, -0.2) is 0 Å². The first-order valence-corrected chi connectivity index (χ1v) is 8.21. The second kappa shape index (κ2) is 6.74. The van der Waals surface area contributed by atoms with Crippen LogP contribution in [0.15, 0.2) is 0 Å². The van der Waals surface area contributed by atoms with Gasteiger partial charge in [-0.15, -0.1) is 0 Å². The van der Waals surface area contributed by atoms with E-state index in [-0.39, 0.29) is 12.2 Å². The van der Waals surface area contributed by atoms with Crippen LogP contribution in [0.25, 0.3) is 0 Å². The predicted molar refractivity (Wildman–Crippen MR) is 78.8 cm³/mol. The van der Waals surface area contributed by atoms with E-state index in [0.717, 1.165) is 12.8 Å². The minimum Gasteiger partial charge on any atom is -0.323 e. The maximum Gasteiger partial charge on any atom is 0.241 e. The minimum atomic E-state index is 0.0620. The second-order valence-corrected chi connectivity index (χ2v) is 6.66. The standard InChI is InChI=1S/C16H30N2O/c1-4-14-16(19)18(15(17-14)11-12(2)3)13-9-7-5-6-8-10-13/h12-15,17H,4-11H2,1-3H3. The van der Waals surface area contributed by atoms with Crippen molar-refractivity contribution in [1.82, 2.24) is 10.2 Å². The van der Waals surface area contributed by atoms with Crippen LogP contribution < -0.4 is 5.32 Å². The normalized spacial score (nSPS) is 30.1. The third-order valence-electron chi connectivity index (χ3n) is 4.60. The molecule has 3 nitrogen and oxygen atoms in total. The topological polar surface area (TPSA) is 32.3 Å². The summed E-state index contributed by atoms with van der Waals surface area (Å²) in [7, 11) is 0. The average molecular weight is 266 g/mol. The van der Waals surface area contributed by atoms with Gasteiger partial charge in [0.2, 0.25) is 5.91 Å². The predicted octanol–water partition coefficient (Wildman–Crippen LogP) is 3.29. The van der Waals surface area contributed by atoms with Crippen LogP contribution in [0.3, 0.4) is 0 Å². The summed E-state index contributed by atoms with van der Waals surface area (Å²) in [5.74, 6) is 0.995. The first kappa shape index (κ1) is 14.8. The molecule has 2 rings (SSSR count). The van der Waals surface area contributed by atoms with Crippen LogP contribution in [0.1, 0.15) is 72.1 Å². The van der Waals surface area contributed by atoms with E-state index in [1.54, 1.807) is 0 Å². The Hall–Kier alpha value is -0.570. The Morgan fingerprint density at radius 2 is 1.84 bits per heavy atom. The Balaban J connectivity index is 2.09. The molecule has 0 radical (unpaired) electrons. The molecule has 0 aromatic carbocycles. The summed E-state index contributed by atoms with van der Waals surface area (Å²) in [6, 6.07) is 0.551. The first-order valence-electron chi connectivity index (χ1n) is 8.21. The highest BCUT2D eigenvalue weighted by molar-refractivity contribution is 5.84. The summed E-state index contributed by atoms with van der Waals surface area (Å²) in [4.78, 5) is 14.8. The van der Waals surface area contributed by atoms with Crippen LogP contribution in [0.5, 0.6) is 0 Å². The van der Waals surface area contributed by atoms with Crippen LogP contribution in [0.4, 0.5) is 0 Å². The van der Waals surface area contributed by atoms with E-state index in [0.29, 0.717) is 17.9 Å². The Morgan fingerprint density at radius 1 is 1.21 bits per heavy atom. The van der Waals surface area contributed by atoms with E-state index in [4.69, 9.17) is 0 Å². The number of carbonyl (C=O) groups is 1. The highest BCUT2D eigenvalue weighted by atomic mass is 16.2. The molecule has 2 aliphatic rings. The van der Waals surface area contributed by atoms with Crippen molar-refractivity contribution < 1.29 is 4.79 Å². The van der Waals surface area contributed by atoms with Gasteiger partial charge in [0, 0.05) is 6.04 Å². The summed E-state index contributed by atoms with van der Waals surface area (Å²) in [6.45, 7) is 6.60. The number of nitrogens with zero attached hydrogens (tertiary/aromatic N) is 1. The number of rotatable bonds is 4. The van der Waals surface area contributed by atoms with Gasteiger partial charge in [0.05, 0.1) is 12.2 Å². The summed E-state index contributed by atoms with van der Waals surface area (Å²) in [6.07, 6.45) is 9.96. The third-order valence-corrected chi connectivity index (χ3v) is 4.60. The van der Waals surface area contributed by atoms with Crippen molar-refractivity contribution in [3.63, 3.8) is 0 Å². The highest BCUT2D eigenvalue weighted by Gasteiger charge is 2.41. The lowest BCUT2D eigenvalue weighted by atomic mass is 10.0. The Morgan fingerprint density at radius 3 is 2.37 bits per heavy atom. The fourth-order valence-electron chi connectivity index (χ4n) is 3.61. The van der Waals surface area contributed by atoms with Gasteiger partial charge in [-0.05, 0) is 31.6 Å². The van der Waals surface area contributed by atoms with Gasteiger partial charge in [-0.3, -0.25) is 10.1 Å². The van der Waals surface area contributed by atoms with Gasteiger partial charge < -0.3 is 4.90 Å². The Labute approximate surface area is 118 Å². The van der Waals surface area contributed by atoms with Gasteiger partial charge >= 0.3 is 0 Å². The van der Waals surface area contributed by atoms with Crippen molar-refractivity contribution in [1.29, 1.82) is 0 Å². The van der Waals surface area contributed by atoms with Gasteiger partial charge in [-0.2, -0.15) is 0 Å². The fraction of sp³-hybridized carbons (Fsp3) is 0.938. The molecule has 2 fully saturated rings. The van der Waals surface area contributed by atoms with Gasteiger partial charge in [0.1, 0.15) is 0 Å². The number of carbonyl (C=O) groups excluding carboxylic acids is 1. The highest BCUT2D eigenvalue weighted by Crippen LogP contribution is 2.29. The van der Waals surface area contributed by atoms with Crippen LogP contribution in [0, 0.1) is 5.92 Å². The monoisotopic (exact) mass is 266 g/mol. The lowest BCUT2D eigenvalue weighted by Gasteiger charge is -2.33. The van der Waals surface area contributed by atoms with Gasteiger partial charge in [0.15, 0.2) is 0 Å². The molecule has 1 N–H and O–H groups in total. The molecule has 1 aliphatic carbocycles. The Bertz CT molecular complexity index is 295. The molecule has 19 heavy (non-hydrogen) atoms. The average Bonchev–Trinajstić information content (AvgIpc) is 2.57. The van der Waals surface area contributed by atoms with Crippen LogP contribution in [-0.2, 0) is 4.79 Å². The number of hydrogen-bond donors (Lipinski definition) is 1. The molecule has 3 heteroatoms. The zero-order valence-electron chi connectivity index (χ0n) is 12.8. The zero-order chi connectivity index (χ0) is 13.8. The molecule has 0 bridgehead atoms. The van der Waals surface area contributed by atoms with Crippen LogP contribution in [0.2, 0.25) is 0 Å². The quantitative estimate of drug-likeness (QED) is 0.792. The summed E-state index contributed by atoms with van der Waals surface area (Å²) >= 11 is 0. The van der Waals surface area contributed by atoms with Crippen molar-refractivity contribution >= 4 is 5.91 Å². The number of nitrogens with one attached hydrogen (secondary N) is 1. The van der Waals surface area contributed by atoms with Crippen LogP contribution >= 0.6 is 0 Å². The van der Waals surface area contributed by atoms with E-state index in [9.17, 15) is 4.79 Å². The SMILES string of the molecule is CCC1NC(CC(C)C)N(C2CCCCCC2)C1=O. The van der Waals surface area contributed by atoms with Crippen molar-refractivity contribution in [2.24, 2.45) is 5.92 Å².